The summed E-state index contributed by atoms with van der Waals surface area (Å²) in [4.78, 5) is 2.81. The fourth-order valence-electron chi connectivity index (χ4n) is 3.52. The minimum atomic E-state index is 0.652. The molecule has 0 heterocycles. The second-order valence-corrected chi connectivity index (χ2v) is 6.74. The minimum absolute atomic E-state index is 0.652. The van der Waals surface area contributed by atoms with Crippen molar-refractivity contribution in [3.63, 3.8) is 0 Å². The van der Waals surface area contributed by atoms with Crippen molar-refractivity contribution in [2.45, 2.75) is 91.3 Å². The van der Waals surface area contributed by atoms with Gasteiger partial charge in [-0.15, -0.1) is 0 Å². The Balaban J connectivity index is 2.64. The average Bonchev–Trinajstić information content (AvgIpc) is 2.90. The zero-order valence-electron chi connectivity index (χ0n) is 13.9. The molecule has 0 bridgehead atoms. The minimum Gasteiger partial charge on any atom is -0.312 e. The molecule has 0 aromatic carbocycles. The Labute approximate surface area is 121 Å². The molecule has 0 amide bonds. The molecule has 2 nitrogen and oxygen atoms in total. The summed E-state index contributed by atoms with van der Waals surface area (Å²) in [6.45, 7) is 14.2. The summed E-state index contributed by atoms with van der Waals surface area (Å²) in [5, 5.41) is 3.75. The molecule has 0 aromatic heterocycles. The Morgan fingerprint density at radius 3 is 2.21 bits per heavy atom. The van der Waals surface area contributed by atoms with Crippen molar-refractivity contribution in [2.24, 2.45) is 5.92 Å². The SMILES string of the molecule is CCCNC(CC)C(C)N(CC(C)C)C1CCCC1. The van der Waals surface area contributed by atoms with Crippen LogP contribution in [-0.2, 0) is 0 Å². The lowest BCUT2D eigenvalue weighted by atomic mass is 10.0. The van der Waals surface area contributed by atoms with E-state index in [-0.39, 0.29) is 0 Å². The highest BCUT2D eigenvalue weighted by Gasteiger charge is 2.30. The number of rotatable bonds is 9. The Hall–Kier alpha value is -0.0800. The van der Waals surface area contributed by atoms with Crippen molar-refractivity contribution >= 4 is 0 Å². The molecule has 2 atom stereocenters. The number of nitrogens with zero attached hydrogens (tertiary/aromatic N) is 1. The first-order valence-corrected chi connectivity index (χ1v) is 8.59. The van der Waals surface area contributed by atoms with Gasteiger partial charge in [0.15, 0.2) is 0 Å². The molecular formula is C17H36N2. The molecule has 1 N–H and O–H groups in total. The zero-order valence-corrected chi connectivity index (χ0v) is 13.9. The quantitative estimate of drug-likeness (QED) is 0.678. The molecule has 1 fully saturated rings. The topological polar surface area (TPSA) is 15.3 Å². The molecule has 0 spiro atoms. The maximum Gasteiger partial charge on any atom is 0.0224 e. The van der Waals surface area contributed by atoms with Crippen LogP contribution in [0.2, 0.25) is 0 Å². The highest BCUT2D eigenvalue weighted by Crippen LogP contribution is 2.27. The van der Waals surface area contributed by atoms with Crippen molar-refractivity contribution in [3.8, 4) is 0 Å². The van der Waals surface area contributed by atoms with Gasteiger partial charge in [0.2, 0.25) is 0 Å². The van der Waals surface area contributed by atoms with Crippen LogP contribution in [0.3, 0.4) is 0 Å². The van der Waals surface area contributed by atoms with Crippen LogP contribution >= 0.6 is 0 Å². The van der Waals surface area contributed by atoms with E-state index < -0.39 is 0 Å². The molecule has 0 aliphatic heterocycles. The van der Waals surface area contributed by atoms with E-state index in [4.69, 9.17) is 0 Å². The summed E-state index contributed by atoms with van der Waals surface area (Å²) in [7, 11) is 0. The van der Waals surface area contributed by atoms with Crippen molar-refractivity contribution in [2.75, 3.05) is 13.1 Å². The van der Waals surface area contributed by atoms with Gasteiger partial charge in [0, 0.05) is 24.7 Å². The van der Waals surface area contributed by atoms with E-state index in [1.807, 2.05) is 0 Å². The van der Waals surface area contributed by atoms with Crippen LogP contribution < -0.4 is 5.32 Å². The van der Waals surface area contributed by atoms with Crippen LogP contribution in [0.25, 0.3) is 0 Å². The third-order valence-electron chi connectivity index (χ3n) is 4.57. The summed E-state index contributed by atoms with van der Waals surface area (Å²) in [6, 6.07) is 2.16. The number of hydrogen-bond donors (Lipinski definition) is 1. The van der Waals surface area contributed by atoms with Gasteiger partial charge in [0.1, 0.15) is 0 Å². The summed E-state index contributed by atoms with van der Waals surface area (Å²) >= 11 is 0. The van der Waals surface area contributed by atoms with Crippen LogP contribution in [0, 0.1) is 5.92 Å². The molecule has 0 aromatic rings. The third-order valence-corrected chi connectivity index (χ3v) is 4.57. The molecule has 1 saturated carbocycles. The molecule has 1 rings (SSSR count). The maximum atomic E-state index is 3.75. The highest BCUT2D eigenvalue weighted by atomic mass is 15.2. The van der Waals surface area contributed by atoms with E-state index >= 15 is 0 Å². The standard InChI is InChI=1S/C17H36N2/c1-6-12-18-17(7-2)15(5)19(13-14(3)4)16-10-8-9-11-16/h14-18H,6-13H2,1-5H3. The Morgan fingerprint density at radius 2 is 1.74 bits per heavy atom. The molecular weight excluding hydrogens is 232 g/mol. The Bertz CT molecular complexity index is 221. The van der Waals surface area contributed by atoms with E-state index in [0.717, 1.165) is 18.5 Å². The summed E-state index contributed by atoms with van der Waals surface area (Å²) in [5.41, 5.74) is 0. The fourth-order valence-corrected chi connectivity index (χ4v) is 3.52. The first-order valence-electron chi connectivity index (χ1n) is 8.59. The number of hydrogen-bond acceptors (Lipinski definition) is 2. The van der Waals surface area contributed by atoms with Crippen LogP contribution in [0.5, 0.6) is 0 Å². The predicted molar refractivity (Wildman–Crippen MR) is 85.6 cm³/mol. The molecule has 1 aliphatic rings. The average molecular weight is 268 g/mol. The molecule has 1 aliphatic carbocycles. The first-order chi connectivity index (χ1) is 9.10. The van der Waals surface area contributed by atoms with Gasteiger partial charge in [-0.2, -0.15) is 0 Å². The lowest BCUT2D eigenvalue weighted by Crippen LogP contribution is -2.52. The lowest BCUT2D eigenvalue weighted by Gasteiger charge is -2.40. The molecule has 0 saturated heterocycles. The largest absolute Gasteiger partial charge is 0.312 e. The van der Waals surface area contributed by atoms with E-state index in [1.54, 1.807) is 0 Å². The fraction of sp³-hybridized carbons (Fsp3) is 1.00. The molecule has 2 unspecified atom stereocenters. The molecule has 19 heavy (non-hydrogen) atoms. The third kappa shape index (κ3) is 5.43. The van der Waals surface area contributed by atoms with Crippen molar-refractivity contribution in [1.29, 1.82) is 0 Å². The van der Waals surface area contributed by atoms with Crippen LogP contribution in [0.4, 0.5) is 0 Å². The Kier molecular flexibility index (Phi) is 8.01. The molecule has 0 radical (unpaired) electrons. The van der Waals surface area contributed by atoms with E-state index in [2.05, 4.69) is 44.8 Å². The van der Waals surface area contributed by atoms with Gasteiger partial charge >= 0.3 is 0 Å². The van der Waals surface area contributed by atoms with Gasteiger partial charge in [-0.25, -0.2) is 0 Å². The van der Waals surface area contributed by atoms with E-state index in [1.165, 1.54) is 45.1 Å². The monoisotopic (exact) mass is 268 g/mol. The summed E-state index contributed by atoms with van der Waals surface area (Å²) < 4.78 is 0. The second kappa shape index (κ2) is 8.97. The number of nitrogens with one attached hydrogen (secondary N) is 1. The van der Waals surface area contributed by atoms with Crippen LogP contribution in [0.1, 0.15) is 73.1 Å². The van der Waals surface area contributed by atoms with Gasteiger partial charge in [-0.1, -0.05) is 40.5 Å². The van der Waals surface area contributed by atoms with E-state index in [9.17, 15) is 0 Å². The second-order valence-electron chi connectivity index (χ2n) is 6.74. The van der Waals surface area contributed by atoms with Gasteiger partial charge in [-0.3, -0.25) is 4.90 Å². The van der Waals surface area contributed by atoms with Gasteiger partial charge < -0.3 is 5.32 Å². The van der Waals surface area contributed by atoms with Crippen molar-refractivity contribution < 1.29 is 0 Å². The normalized spacial score (nSPS) is 20.4. The maximum absolute atomic E-state index is 3.75. The lowest BCUT2D eigenvalue weighted by molar-refractivity contribution is 0.1000. The van der Waals surface area contributed by atoms with Crippen LogP contribution in [-0.4, -0.2) is 36.1 Å². The van der Waals surface area contributed by atoms with Crippen LogP contribution in [0.15, 0.2) is 0 Å². The summed E-state index contributed by atoms with van der Waals surface area (Å²) in [5.74, 6) is 0.770. The first kappa shape index (κ1) is 17.0. The van der Waals surface area contributed by atoms with Gasteiger partial charge in [0.25, 0.3) is 0 Å². The zero-order chi connectivity index (χ0) is 14.3. The smallest absolute Gasteiger partial charge is 0.0224 e. The van der Waals surface area contributed by atoms with Crippen molar-refractivity contribution in [1.82, 2.24) is 10.2 Å². The van der Waals surface area contributed by atoms with E-state index in [0.29, 0.717) is 12.1 Å². The van der Waals surface area contributed by atoms with Gasteiger partial charge in [-0.05, 0) is 45.1 Å². The summed E-state index contributed by atoms with van der Waals surface area (Å²) in [6.07, 6.45) is 8.18. The predicted octanol–water partition coefficient (Wildman–Crippen LogP) is 4.05. The van der Waals surface area contributed by atoms with Crippen molar-refractivity contribution in [3.05, 3.63) is 0 Å². The molecule has 2 heteroatoms. The van der Waals surface area contributed by atoms with Gasteiger partial charge in [0.05, 0.1) is 0 Å². The Morgan fingerprint density at radius 1 is 1.11 bits per heavy atom. The molecule has 114 valence electrons. The highest BCUT2D eigenvalue weighted by molar-refractivity contribution is 4.87.